The minimum absolute atomic E-state index is 0.0607. The topological polar surface area (TPSA) is 103 Å². The SMILES string of the molecule is COc1ccc(-c2[nH]n(-c3ccc([N+](=O)[O-])cc3)c(=O)c2C(C)=Nc2ccc(Cl)cc2)cc1. The average molecular weight is 463 g/mol. The molecule has 166 valence electrons. The van der Waals surface area contributed by atoms with Crippen LogP contribution in [-0.4, -0.2) is 27.5 Å². The van der Waals surface area contributed by atoms with E-state index in [1.54, 1.807) is 50.4 Å². The number of hydrogen-bond acceptors (Lipinski definition) is 5. The number of nitro benzene ring substituents is 1. The van der Waals surface area contributed by atoms with Crippen LogP contribution in [-0.2, 0) is 0 Å². The van der Waals surface area contributed by atoms with Crippen LogP contribution in [0.4, 0.5) is 11.4 Å². The highest BCUT2D eigenvalue weighted by Crippen LogP contribution is 2.26. The molecule has 0 amide bonds. The molecular weight excluding hydrogens is 444 g/mol. The van der Waals surface area contributed by atoms with Crippen LogP contribution in [0.25, 0.3) is 16.9 Å². The van der Waals surface area contributed by atoms with Gasteiger partial charge in [-0.25, -0.2) is 4.68 Å². The summed E-state index contributed by atoms with van der Waals surface area (Å²) in [6.07, 6.45) is 0. The molecule has 1 aromatic heterocycles. The fourth-order valence-corrected chi connectivity index (χ4v) is 3.54. The molecule has 1 N–H and O–H groups in total. The van der Waals surface area contributed by atoms with Crippen LogP contribution in [0.5, 0.6) is 5.75 Å². The van der Waals surface area contributed by atoms with Gasteiger partial charge in [0, 0.05) is 22.7 Å². The Bertz CT molecular complexity index is 1390. The Morgan fingerprint density at radius 2 is 1.67 bits per heavy atom. The summed E-state index contributed by atoms with van der Waals surface area (Å²) in [5, 5.41) is 14.7. The van der Waals surface area contributed by atoms with E-state index in [1.807, 2.05) is 12.1 Å². The largest absolute Gasteiger partial charge is 0.497 e. The van der Waals surface area contributed by atoms with Crippen molar-refractivity contribution < 1.29 is 9.66 Å². The Morgan fingerprint density at radius 3 is 2.24 bits per heavy atom. The number of hydrogen-bond donors (Lipinski definition) is 1. The number of aromatic amines is 1. The maximum atomic E-state index is 13.5. The lowest BCUT2D eigenvalue weighted by molar-refractivity contribution is -0.384. The maximum Gasteiger partial charge on any atom is 0.280 e. The first-order chi connectivity index (χ1) is 15.9. The van der Waals surface area contributed by atoms with Crippen LogP contribution in [0, 0.1) is 10.1 Å². The highest BCUT2D eigenvalue weighted by atomic mass is 35.5. The highest BCUT2D eigenvalue weighted by Gasteiger charge is 2.20. The standard InChI is InChI=1S/C24H19ClN4O4/c1-15(26-18-7-5-17(25)6-8-18)22-23(16-3-13-21(33-2)14-4-16)27-28(24(22)30)19-9-11-20(12-10-19)29(31)32/h3-14,27H,1-2H3. The number of rotatable bonds is 6. The first-order valence-electron chi connectivity index (χ1n) is 9.93. The number of aliphatic imine (C=N–C) groups is 1. The van der Waals surface area contributed by atoms with Gasteiger partial charge in [-0.1, -0.05) is 11.6 Å². The van der Waals surface area contributed by atoms with Crippen LogP contribution in [0.15, 0.2) is 82.6 Å². The monoisotopic (exact) mass is 462 g/mol. The van der Waals surface area contributed by atoms with E-state index in [9.17, 15) is 14.9 Å². The summed E-state index contributed by atoms with van der Waals surface area (Å²) in [5.41, 5.74) is 2.94. The zero-order chi connectivity index (χ0) is 23.5. The molecule has 0 spiro atoms. The molecule has 0 aliphatic heterocycles. The van der Waals surface area contributed by atoms with Crippen molar-refractivity contribution in [1.82, 2.24) is 9.78 Å². The zero-order valence-electron chi connectivity index (χ0n) is 17.8. The molecule has 0 bridgehead atoms. The highest BCUT2D eigenvalue weighted by molar-refractivity contribution is 6.30. The van der Waals surface area contributed by atoms with Gasteiger partial charge >= 0.3 is 0 Å². The van der Waals surface area contributed by atoms with Crippen molar-refractivity contribution in [2.24, 2.45) is 4.99 Å². The Morgan fingerprint density at radius 1 is 1.03 bits per heavy atom. The Labute approximate surface area is 193 Å². The van der Waals surface area contributed by atoms with E-state index in [4.69, 9.17) is 16.3 Å². The minimum atomic E-state index is -0.488. The maximum absolute atomic E-state index is 13.5. The van der Waals surface area contributed by atoms with E-state index in [0.717, 1.165) is 5.56 Å². The predicted octanol–water partition coefficient (Wildman–Crippen LogP) is 5.54. The average Bonchev–Trinajstić information content (AvgIpc) is 3.17. The number of nitro groups is 1. The minimum Gasteiger partial charge on any atom is -0.497 e. The van der Waals surface area contributed by atoms with Crippen LogP contribution < -0.4 is 10.3 Å². The second-order valence-corrected chi connectivity index (χ2v) is 7.61. The van der Waals surface area contributed by atoms with Crippen molar-refractivity contribution >= 4 is 28.7 Å². The van der Waals surface area contributed by atoms with E-state index in [-0.39, 0.29) is 11.2 Å². The lowest BCUT2D eigenvalue weighted by Gasteiger charge is -2.05. The summed E-state index contributed by atoms with van der Waals surface area (Å²) in [4.78, 5) is 28.6. The molecule has 9 heteroatoms. The molecule has 4 aromatic rings. The number of nitrogens with zero attached hydrogens (tertiary/aromatic N) is 3. The van der Waals surface area contributed by atoms with Gasteiger partial charge in [0.2, 0.25) is 0 Å². The van der Waals surface area contributed by atoms with Crippen molar-refractivity contribution in [2.45, 2.75) is 6.92 Å². The molecule has 0 atom stereocenters. The van der Waals surface area contributed by atoms with Gasteiger partial charge in [-0.3, -0.25) is 25.0 Å². The molecule has 0 aliphatic carbocycles. The number of halogens is 1. The number of methoxy groups -OCH3 is 1. The molecule has 33 heavy (non-hydrogen) atoms. The third-order valence-corrected chi connectivity index (χ3v) is 5.33. The zero-order valence-corrected chi connectivity index (χ0v) is 18.5. The predicted molar refractivity (Wildman–Crippen MR) is 128 cm³/mol. The van der Waals surface area contributed by atoms with Crippen molar-refractivity contribution in [3.63, 3.8) is 0 Å². The van der Waals surface area contributed by atoms with E-state index < -0.39 is 4.92 Å². The second-order valence-electron chi connectivity index (χ2n) is 7.18. The molecule has 1 heterocycles. The van der Waals surface area contributed by atoms with Crippen LogP contribution in [0.1, 0.15) is 12.5 Å². The third-order valence-electron chi connectivity index (χ3n) is 5.07. The van der Waals surface area contributed by atoms with Gasteiger partial charge in [-0.2, -0.15) is 0 Å². The van der Waals surface area contributed by atoms with E-state index >= 15 is 0 Å². The molecule has 3 aromatic carbocycles. The van der Waals surface area contributed by atoms with Gasteiger partial charge in [0.1, 0.15) is 5.75 Å². The van der Waals surface area contributed by atoms with Gasteiger partial charge in [-0.15, -0.1) is 0 Å². The number of ether oxygens (including phenoxy) is 1. The van der Waals surface area contributed by atoms with E-state index in [2.05, 4.69) is 10.1 Å². The summed E-state index contributed by atoms with van der Waals surface area (Å²) in [6.45, 7) is 1.76. The Kier molecular flexibility index (Phi) is 6.10. The summed E-state index contributed by atoms with van der Waals surface area (Å²) >= 11 is 5.96. The number of aromatic nitrogens is 2. The molecular formula is C24H19ClN4O4. The summed E-state index contributed by atoms with van der Waals surface area (Å²) in [5.74, 6) is 0.684. The fraction of sp³-hybridized carbons (Fsp3) is 0.0833. The quantitative estimate of drug-likeness (QED) is 0.231. The number of H-pyrrole nitrogens is 1. The Balaban J connectivity index is 1.88. The molecule has 0 unspecified atom stereocenters. The number of benzene rings is 3. The molecule has 0 saturated heterocycles. The lowest BCUT2D eigenvalue weighted by atomic mass is 10.0. The fourth-order valence-electron chi connectivity index (χ4n) is 3.41. The van der Waals surface area contributed by atoms with Gasteiger partial charge < -0.3 is 4.74 Å². The number of non-ortho nitro benzene ring substituents is 1. The third kappa shape index (κ3) is 4.56. The number of nitrogens with one attached hydrogen (secondary N) is 1. The summed E-state index contributed by atoms with van der Waals surface area (Å²) in [7, 11) is 1.58. The van der Waals surface area contributed by atoms with Gasteiger partial charge in [0.05, 0.1) is 40.4 Å². The second kappa shape index (κ2) is 9.13. The first-order valence-corrected chi connectivity index (χ1v) is 10.3. The van der Waals surface area contributed by atoms with Crippen molar-refractivity contribution in [1.29, 1.82) is 0 Å². The van der Waals surface area contributed by atoms with Crippen LogP contribution in [0.3, 0.4) is 0 Å². The normalized spacial score (nSPS) is 11.4. The Hall–Kier alpha value is -4.17. The lowest BCUT2D eigenvalue weighted by Crippen LogP contribution is -2.19. The van der Waals surface area contributed by atoms with Crippen molar-refractivity contribution in [3.8, 4) is 22.7 Å². The van der Waals surface area contributed by atoms with Crippen LogP contribution >= 0.6 is 11.6 Å². The molecule has 0 saturated carbocycles. The van der Waals surface area contributed by atoms with Crippen molar-refractivity contribution in [3.05, 3.63) is 104 Å². The summed E-state index contributed by atoms with van der Waals surface area (Å²) in [6, 6.07) is 20.0. The molecule has 8 nitrogen and oxygen atoms in total. The van der Waals surface area contributed by atoms with Gasteiger partial charge in [0.25, 0.3) is 11.2 Å². The smallest absolute Gasteiger partial charge is 0.280 e. The van der Waals surface area contributed by atoms with E-state index in [0.29, 0.717) is 39.1 Å². The molecule has 0 aliphatic rings. The van der Waals surface area contributed by atoms with Gasteiger partial charge in [-0.05, 0) is 67.6 Å². The molecule has 4 rings (SSSR count). The van der Waals surface area contributed by atoms with Gasteiger partial charge in [0.15, 0.2) is 0 Å². The van der Waals surface area contributed by atoms with Crippen molar-refractivity contribution in [2.75, 3.05) is 7.11 Å². The molecule has 0 radical (unpaired) electrons. The molecule has 0 fully saturated rings. The van der Waals surface area contributed by atoms with Crippen LogP contribution in [0.2, 0.25) is 5.02 Å². The van der Waals surface area contributed by atoms with E-state index in [1.165, 1.54) is 28.9 Å². The summed E-state index contributed by atoms with van der Waals surface area (Å²) < 4.78 is 6.58. The first kappa shape index (κ1) is 22.0.